The van der Waals surface area contributed by atoms with Crippen molar-refractivity contribution in [2.75, 3.05) is 0 Å². The minimum Gasteiger partial charge on any atom is -0.550 e. The molecule has 0 aliphatic carbocycles. The van der Waals surface area contributed by atoms with E-state index in [1.807, 2.05) is 26.0 Å². The first-order chi connectivity index (χ1) is 14.2. The van der Waals surface area contributed by atoms with Gasteiger partial charge in [0.25, 0.3) is 0 Å². The van der Waals surface area contributed by atoms with E-state index in [1.54, 1.807) is 0 Å². The van der Waals surface area contributed by atoms with Gasteiger partial charge in [0.2, 0.25) is 0 Å². The zero-order valence-corrected chi connectivity index (χ0v) is 20.3. The summed E-state index contributed by atoms with van der Waals surface area (Å²) in [5.74, 6) is -5.06. The number of Topliss-reactive ketones (excluding diaryl/α,β-unsaturated/α-hetero) is 3. The molecule has 32 heavy (non-hydrogen) atoms. The number of hydrogen-bond acceptors (Lipinski definition) is 11. The van der Waals surface area contributed by atoms with Crippen LogP contribution in [-0.4, -0.2) is 52.6 Å². The van der Waals surface area contributed by atoms with Crippen LogP contribution in [0.2, 0.25) is 0 Å². The summed E-state index contributed by atoms with van der Waals surface area (Å²) in [6, 6.07) is 4.03. The first kappa shape index (κ1) is 42.9. The predicted molar refractivity (Wildman–Crippen MR) is 108 cm³/mol. The average molecular weight is 468 g/mol. The summed E-state index contributed by atoms with van der Waals surface area (Å²) in [7, 11) is 0. The number of carbonyl (C=O) groups excluding carboxylic acids is 6. The number of unbranched alkanes of at least 4 members (excludes halogenated alkanes) is 2. The molecule has 0 N–H and O–H groups in total. The third kappa shape index (κ3) is 108. The van der Waals surface area contributed by atoms with E-state index in [9.17, 15) is 44.1 Å². The van der Waals surface area contributed by atoms with E-state index in [1.165, 1.54) is 20.8 Å². The van der Waals surface area contributed by atoms with Gasteiger partial charge in [0.05, 0.1) is 12.1 Å². The van der Waals surface area contributed by atoms with Gasteiger partial charge in [-0.05, 0) is 33.6 Å². The molecule has 176 valence electrons. The van der Waals surface area contributed by atoms with Crippen molar-refractivity contribution in [3.63, 3.8) is 0 Å². The van der Waals surface area contributed by atoms with Crippen LogP contribution in [0, 0.1) is 22.7 Å². The van der Waals surface area contributed by atoms with E-state index in [0.29, 0.717) is 12.8 Å². The van der Waals surface area contributed by atoms with Crippen LogP contribution in [0.4, 0.5) is 0 Å². The normalized spacial score (nSPS) is 7.34. The fourth-order valence-corrected chi connectivity index (χ4v) is 0.833. The number of carbonyl (C=O) groups is 6. The molecule has 0 amide bonds. The molecule has 11 nitrogen and oxygen atoms in total. The van der Waals surface area contributed by atoms with Gasteiger partial charge in [0.1, 0.15) is 17.3 Å². The molecule has 0 aliphatic heterocycles. The number of aliphatic carboxylic acids is 3. The van der Waals surface area contributed by atoms with Gasteiger partial charge in [-0.15, -0.1) is 0 Å². The van der Waals surface area contributed by atoms with Crippen molar-refractivity contribution in [1.29, 1.82) is 10.5 Å². The van der Waals surface area contributed by atoms with Gasteiger partial charge in [0, 0.05) is 50.0 Å². The molecule has 0 saturated carbocycles. The Hall–Kier alpha value is -3.07. The monoisotopic (exact) mass is 468 g/mol. The molecule has 0 fully saturated rings. The summed E-state index contributed by atoms with van der Waals surface area (Å²) < 4.78 is 0. The molecular weight excluding hydrogens is 439 g/mol. The van der Waals surface area contributed by atoms with Crippen LogP contribution in [-0.2, 0) is 28.8 Å². The molecule has 0 atom stereocenters. The quantitative estimate of drug-likeness (QED) is 0.291. The minimum absolute atomic E-state index is 0. The fraction of sp³-hybridized carbons (Fsp3) is 0.600. The molecule has 12 heteroatoms. The molecule has 0 rings (SSSR count). The molecule has 0 radical (unpaired) electrons. The molecule has 0 spiro atoms. The van der Waals surface area contributed by atoms with Crippen molar-refractivity contribution in [2.45, 2.75) is 79.6 Å². The minimum atomic E-state index is -1.31. The van der Waals surface area contributed by atoms with Crippen molar-refractivity contribution in [3.05, 3.63) is 0 Å². The number of hydrogen-bond donors (Lipinski definition) is 0. The van der Waals surface area contributed by atoms with E-state index < -0.39 is 37.2 Å². The second kappa shape index (κ2) is 35.4. The van der Waals surface area contributed by atoms with Gasteiger partial charge >= 0.3 is 17.4 Å². The maximum absolute atomic E-state index is 9.83. The van der Waals surface area contributed by atoms with E-state index >= 15 is 0 Å². The Labute approximate surface area is 199 Å². The van der Waals surface area contributed by atoms with Crippen molar-refractivity contribution in [3.8, 4) is 12.1 Å². The van der Waals surface area contributed by atoms with Crippen molar-refractivity contribution in [2.24, 2.45) is 0 Å². The standard InChI is InChI=1S/2C4H7N.3C4H6O3.Al/c2*1-2-3-4-5;3*1-3(5)2-4(6)7;/h2*2-3H2,1H3;3*2H2,1H3,(H,6,7);/q;;;;;+3/p-3. The Balaban J connectivity index is -0.0000000661. The van der Waals surface area contributed by atoms with Gasteiger partial charge in [-0.1, -0.05) is 13.8 Å². The van der Waals surface area contributed by atoms with Gasteiger partial charge in [-0.3, -0.25) is 14.4 Å². The van der Waals surface area contributed by atoms with Crippen LogP contribution < -0.4 is 15.3 Å². The number of nitriles is 2. The van der Waals surface area contributed by atoms with Crippen LogP contribution in [0.5, 0.6) is 0 Å². The largest absolute Gasteiger partial charge is 3.00 e. The average Bonchev–Trinajstić information content (AvgIpc) is 2.54. The maximum Gasteiger partial charge on any atom is 3.00 e. The number of rotatable bonds is 8. The smallest absolute Gasteiger partial charge is 0.550 e. The first-order valence-corrected chi connectivity index (χ1v) is 9.03. The second-order valence-corrected chi connectivity index (χ2v) is 5.57. The molecule has 0 aromatic rings. The Morgan fingerprint density at radius 1 is 0.594 bits per heavy atom. The Bertz CT molecular complexity index is 522. The summed E-state index contributed by atoms with van der Waals surface area (Å²) in [5.41, 5.74) is 0. The van der Waals surface area contributed by atoms with Crippen LogP contribution in [0.3, 0.4) is 0 Å². The van der Waals surface area contributed by atoms with Gasteiger partial charge in [-0.2, -0.15) is 10.5 Å². The third-order valence-corrected chi connectivity index (χ3v) is 1.90. The fourth-order valence-electron chi connectivity index (χ4n) is 0.833. The molecule has 0 aromatic carbocycles. The van der Waals surface area contributed by atoms with Gasteiger partial charge < -0.3 is 29.7 Å². The zero-order chi connectivity index (χ0) is 25.8. The maximum atomic E-state index is 9.83. The molecule has 0 bridgehead atoms. The van der Waals surface area contributed by atoms with Crippen molar-refractivity contribution >= 4 is 52.6 Å². The van der Waals surface area contributed by atoms with E-state index in [4.69, 9.17) is 10.5 Å². The van der Waals surface area contributed by atoms with Crippen molar-refractivity contribution in [1.82, 2.24) is 0 Å². The molecule has 0 aromatic heterocycles. The zero-order valence-electron chi connectivity index (χ0n) is 19.1. The molecule has 0 aliphatic rings. The Morgan fingerprint density at radius 3 is 0.781 bits per heavy atom. The predicted octanol–water partition coefficient (Wildman–Crippen LogP) is -1.61. The number of carboxylic acid groups (broad SMARTS) is 3. The molecular formula is C20H29AlN2O9. The summed E-state index contributed by atoms with van der Waals surface area (Å²) in [6.07, 6.45) is 1.94. The number of carboxylic acids is 3. The first-order valence-electron chi connectivity index (χ1n) is 9.03. The van der Waals surface area contributed by atoms with E-state index in [2.05, 4.69) is 0 Å². The number of ketones is 3. The molecule has 0 saturated heterocycles. The number of nitrogens with zero attached hydrogens (tertiary/aromatic N) is 2. The van der Waals surface area contributed by atoms with Crippen molar-refractivity contribution < 1.29 is 44.1 Å². The Morgan fingerprint density at radius 2 is 0.781 bits per heavy atom. The molecule has 0 heterocycles. The Kier molecular flexibility index (Phi) is 47.5. The van der Waals surface area contributed by atoms with Crippen LogP contribution >= 0.6 is 0 Å². The SMILES string of the molecule is CC(=O)CC(=O)[O-].CC(=O)CC(=O)[O-].CC(=O)CC(=O)[O-].CCCC#N.CCCC#N.[Al+3]. The van der Waals surface area contributed by atoms with Crippen LogP contribution in [0.1, 0.15) is 79.6 Å². The summed E-state index contributed by atoms with van der Waals surface area (Å²) in [5, 5.41) is 44.1. The summed E-state index contributed by atoms with van der Waals surface area (Å²) >= 11 is 0. The van der Waals surface area contributed by atoms with E-state index in [0.717, 1.165) is 12.8 Å². The van der Waals surface area contributed by atoms with Crippen LogP contribution in [0.25, 0.3) is 0 Å². The van der Waals surface area contributed by atoms with Gasteiger partial charge in [0.15, 0.2) is 0 Å². The van der Waals surface area contributed by atoms with E-state index in [-0.39, 0.29) is 34.7 Å². The third-order valence-electron chi connectivity index (χ3n) is 1.90. The summed E-state index contributed by atoms with van der Waals surface area (Å²) in [6.45, 7) is 7.59. The van der Waals surface area contributed by atoms with Crippen LogP contribution in [0.15, 0.2) is 0 Å². The topological polar surface area (TPSA) is 219 Å². The summed E-state index contributed by atoms with van der Waals surface area (Å²) in [4.78, 5) is 57.9. The second-order valence-electron chi connectivity index (χ2n) is 5.57. The van der Waals surface area contributed by atoms with Gasteiger partial charge in [-0.25, -0.2) is 0 Å². The molecule has 0 unspecified atom stereocenters.